The lowest BCUT2D eigenvalue weighted by Crippen LogP contribution is -2.36. The number of rotatable bonds is 6. The Bertz CT molecular complexity index is 519. The number of ether oxygens (including phenoxy) is 1. The molecule has 0 saturated carbocycles. The van der Waals surface area contributed by atoms with Crippen molar-refractivity contribution in [2.75, 3.05) is 27.3 Å². The molecule has 0 aliphatic heterocycles. The van der Waals surface area contributed by atoms with Crippen LogP contribution in [0.1, 0.15) is 0 Å². The maximum Gasteiger partial charge on any atom is 0.247 e. The largest absolute Gasteiger partial charge is 0.389 e. The van der Waals surface area contributed by atoms with E-state index in [0.29, 0.717) is 0 Å². The Morgan fingerprint density at radius 3 is 2.67 bits per heavy atom. The van der Waals surface area contributed by atoms with Crippen LogP contribution >= 0.6 is 0 Å². The number of aliphatic hydroxyl groups excluding tert-OH is 1. The molecule has 0 aliphatic rings. The molecule has 1 aromatic rings. The van der Waals surface area contributed by atoms with E-state index >= 15 is 0 Å². The second-order valence-electron chi connectivity index (χ2n) is 3.78. The monoisotopic (exact) mass is 276 g/mol. The first kappa shape index (κ1) is 14.8. The van der Waals surface area contributed by atoms with E-state index in [2.05, 4.69) is 4.98 Å². The van der Waals surface area contributed by atoms with E-state index in [-0.39, 0.29) is 23.6 Å². The normalized spacial score (nSPS) is 13.8. The Balaban J connectivity index is 2.86. The molecule has 1 unspecified atom stereocenters. The van der Waals surface area contributed by atoms with Gasteiger partial charge in [-0.25, -0.2) is 8.42 Å². The van der Waals surface area contributed by atoms with E-state index < -0.39 is 16.1 Å². The van der Waals surface area contributed by atoms with Gasteiger partial charge in [0.05, 0.1) is 17.6 Å². The van der Waals surface area contributed by atoms with Gasteiger partial charge in [-0.15, -0.1) is 0 Å². The lowest BCUT2D eigenvalue weighted by Gasteiger charge is -2.19. The van der Waals surface area contributed by atoms with Crippen LogP contribution < -0.4 is 5.56 Å². The fourth-order valence-corrected chi connectivity index (χ4v) is 2.55. The second-order valence-corrected chi connectivity index (χ2v) is 5.83. The highest BCUT2D eigenvalue weighted by Crippen LogP contribution is 2.11. The quantitative estimate of drug-likeness (QED) is 0.694. The first-order chi connectivity index (χ1) is 8.37. The van der Waals surface area contributed by atoms with Crippen LogP contribution in [-0.2, 0) is 14.8 Å². The number of methoxy groups -OCH3 is 1. The van der Waals surface area contributed by atoms with Crippen LogP contribution in [-0.4, -0.2) is 56.2 Å². The van der Waals surface area contributed by atoms with Crippen LogP contribution in [0.2, 0.25) is 0 Å². The molecule has 0 spiro atoms. The summed E-state index contributed by atoms with van der Waals surface area (Å²) in [6.07, 6.45) is 0.217. The zero-order valence-electron chi connectivity index (χ0n) is 10.2. The highest BCUT2D eigenvalue weighted by molar-refractivity contribution is 7.89. The molecule has 2 N–H and O–H groups in total. The molecule has 0 aromatic carbocycles. The summed E-state index contributed by atoms with van der Waals surface area (Å²) in [5, 5.41) is 9.49. The number of pyridine rings is 1. The molecule has 1 aromatic heterocycles. The fraction of sp³-hybridized carbons (Fsp3) is 0.500. The summed E-state index contributed by atoms with van der Waals surface area (Å²) in [7, 11) is -0.959. The molecule has 8 heteroatoms. The van der Waals surface area contributed by atoms with E-state index in [4.69, 9.17) is 4.74 Å². The smallest absolute Gasteiger partial charge is 0.247 e. The zero-order chi connectivity index (χ0) is 13.8. The highest BCUT2D eigenvalue weighted by Gasteiger charge is 2.23. The van der Waals surface area contributed by atoms with Gasteiger partial charge in [-0.1, -0.05) is 0 Å². The molecule has 0 aliphatic carbocycles. The van der Waals surface area contributed by atoms with E-state index in [9.17, 15) is 18.3 Å². The number of likely N-dealkylation sites (N-methyl/N-ethyl adjacent to an activating group) is 1. The lowest BCUT2D eigenvalue weighted by atomic mass is 10.4. The molecule has 1 heterocycles. The molecule has 0 radical (unpaired) electrons. The summed E-state index contributed by atoms with van der Waals surface area (Å²) in [4.78, 5) is 13.1. The van der Waals surface area contributed by atoms with E-state index in [1.54, 1.807) is 0 Å². The van der Waals surface area contributed by atoms with Crippen LogP contribution in [0.25, 0.3) is 0 Å². The molecule has 0 fully saturated rings. The van der Waals surface area contributed by atoms with Gasteiger partial charge >= 0.3 is 0 Å². The molecule has 18 heavy (non-hydrogen) atoms. The highest BCUT2D eigenvalue weighted by atomic mass is 32.2. The predicted molar refractivity (Wildman–Crippen MR) is 64.8 cm³/mol. The number of hydrogen-bond acceptors (Lipinski definition) is 5. The molecular formula is C10H16N2O5S. The van der Waals surface area contributed by atoms with Crippen molar-refractivity contribution in [2.45, 2.75) is 11.0 Å². The molecule has 0 bridgehead atoms. The van der Waals surface area contributed by atoms with E-state index in [0.717, 1.165) is 16.6 Å². The van der Waals surface area contributed by atoms with Crippen molar-refractivity contribution in [3.63, 3.8) is 0 Å². The SMILES string of the molecule is COCC(O)CN(C)S(=O)(=O)c1ccc(=O)[nH]c1. The number of aliphatic hydroxyl groups is 1. The topological polar surface area (TPSA) is 99.7 Å². The Labute approximate surface area is 105 Å². The van der Waals surface area contributed by atoms with Gasteiger partial charge < -0.3 is 14.8 Å². The van der Waals surface area contributed by atoms with Crippen molar-refractivity contribution in [1.82, 2.24) is 9.29 Å². The third-order valence-electron chi connectivity index (χ3n) is 2.29. The number of nitrogens with zero attached hydrogens (tertiary/aromatic N) is 1. The lowest BCUT2D eigenvalue weighted by molar-refractivity contribution is 0.0554. The number of nitrogens with one attached hydrogen (secondary N) is 1. The van der Waals surface area contributed by atoms with Gasteiger partial charge in [0.1, 0.15) is 0 Å². The molecule has 1 rings (SSSR count). The minimum Gasteiger partial charge on any atom is -0.389 e. The van der Waals surface area contributed by atoms with Gasteiger partial charge in [-0.2, -0.15) is 4.31 Å². The first-order valence-corrected chi connectivity index (χ1v) is 6.64. The maximum atomic E-state index is 12.0. The van der Waals surface area contributed by atoms with Gasteiger partial charge in [-0.3, -0.25) is 4.79 Å². The first-order valence-electron chi connectivity index (χ1n) is 5.20. The van der Waals surface area contributed by atoms with Crippen molar-refractivity contribution in [2.24, 2.45) is 0 Å². The van der Waals surface area contributed by atoms with Crippen LogP contribution in [0, 0.1) is 0 Å². The van der Waals surface area contributed by atoms with Crippen molar-refractivity contribution in [1.29, 1.82) is 0 Å². The third-order valence-corrected chi connectivity index (χ3v) is 4.11. The maximum absolute atomic E-state index is 12.0. The summed E-state index contributed by atoms with van der Waals surface area (Å²) in [5.41, 5.74) is -0.379. The molecular weight excluding hydrogens is 260 g/mol. The van der Waals surface area contributed by atoms with Gasteiger partial charge in [-0.05, 0) is 6.07 Å². The average Bonchev–Trinajstić information content (AvgIpc) is 2.29. The van der Waals surface area contributed by atoms with Crippen molar-refractivity contribution < 1.29 is 18.3 Å². The minimum atomic E-state index is -3.72. The molecule has 0 amide bonds. The zero-order valence-corrected chi connectivity index (χ0v) is 11.0. The number of aromatic nitrogens is 1. The Morgan fingerprint density at radius 2 is 2.17 bits per heavy atom. The van der Waals surface area contributed by atoms with Gasteiger partial charge in [0.2, 0.25) is 15.6 Å². The number of sulfonamides is 1. The van der Waals surface area contributed by atoms with Gasteiger partial charge in [0, 0.05) is 33.0 Å². The number of H-pyrrole nitrogens is 1. The van der Waals surface area contributed by atoms with Crippen LogP contribution in [0.4, 0.5) is 0 Å². The standard InChI is InChI=1S/C10H16N2O5S/c1-12(6-8(13)7-17-2)18(15,16)9-3-4-10(14)11-5-9/h3-5,8,13H,6-7H2,1-2H3,(H,11,14). The van der Waals surface area contributed by atoms with Crippen LogP contribution in [0.15, 0.2) is 28.0 Å². The molecule has 0 saturated heterocycles. The average molecular weight is 276 g/mol. The van der Waals surface area contributed by atoms with Gasteiger partial charge in [0.25, 0.3) is 0 Å². The minimum absolute atomic E-state index is 0.0331. The summed E-state index contributed by atoms with van der Waals surface area (Å²) >= 11 is 0. The summed E-state index contributed by atoms with van der Waals surface area (Å²) in [6, 6.07) is 2.35. The Hall–Kier alpha value is -1.22. The summed E-state index contributed by atoms with van der Waals surface area (Å²) in [5.74, 6) is 0. The van der Waals surface area contributed by atoms with Crippen LogP contribution in [0.3, 0.4) is 0 Å². The van der Waals surface area contributed by atoms with E-state index in [1.165, 1.54) is 20.2 Å². The predicted octanol–water partition coefficient (Wildman–Crippen LogP) is -0.997. The summed E-state index contributed by atoms with van der Waals surface area (Å²) in [6.45, 7) is -0.0409. The molecule has 1 atom stereocenters. The molecule has 102 valence electrons. The number of aromatic amines is 1. The Kier molecular flexibility index (Phi) is 5.03. The second kappa shape index (κ2) is 6.10. The van der Waals surface area contributed by atoms with Gasteiger partial charge in [0.15, 0.2) is 0 Å². The van der Waals surface area contributed by atoms with Crippen LogP contribution in [0.5, 0.6) is 0 Å². The fourth-order valence-electron chi connectivity index (χ4n) is 1.38. The van der Waals surface area contributed by atoms with Crippen molar-refractivity contribution in [3.05, 3.63) is 28.7 Å². The molecule has 7 nitrogen and oxygen atoms in total. The summed E-state index contributed by atoms with van der Waals surface area (Å²) < 4.78 is 29.8. The van der Waals surface area contributed by atoms with Crippen molar-refractivity contribution in [3.8, 4) is 0 Å². The Morgan fingerprint density at radius 1 is 1.50 bits per heavy atom. The number of hydrogen-bond donors (Lipinski definition) is 2. The third kappa shape index (κ3) is 3.64. The van der Waals surface area contributed by atoms with Crippen molar-refractivity contribution >= 4 is 10.0 Å². The van der Waals surface area contributed by atoms with E-state index in [1.807, 2.05) is 0 Å².